The SMILES string of the molecule is COc1ccc(Cn2nnnc2C2N3C(=O)C(NC(=O)COc4ccccc4)C3SC2(C)C)cc1. The maximum absolute atomic E-state index is 13.2. The number of nitrogens with zero attached hydrogens (tertiary/aromatic N) is 5. The number of methoxy groups -OCH3 is 1. The van der Waals surface area contributed by atoms with E-state index in [2.05, 4.69) is 34.7 Å². The topological polar surface area (TPSA) is 111 Å². The number of ether oxygens (including phenoxy) is 2. The second kappa shape index (κ2) is 9.21. The number of hydrogen-bond acceptors (Lipinski definition) is 8. The quantitative estimate of drug-likeness (QED) is 0.474. The molecule has 2 aliphatic heterocycles. The molecular formula is C24H26N6O4S. The van der Waals surface area contributed by atoms with Crippen molar-refractivity contribution >= 4 is 23.6 Å². The highest BCUT2D eigenvalue weighted by atomic mass is 32.2. The number of carbonyl (C=O) groups is 2. The van der Waals surface area contributed by atoms with Crippen LogP contribution in [0, 0.1) is 0 Å². The van der Waals surface area contributed by atoms with Crippen LogP contribution in [-0.4, -0.2) is 66.8 Å². The Balaban J connectivity index is 1.27. The lowest BCUT2D eigenvalue weighted by atomic mass is 9.95. The maximum atomic E-state index is 13.2. The number of β-lactam (4-membered cyclic amide) rings is 1. The summed E-state index contributed by atoms with van der Waals surface area (Å²) in [5.74, 6) is 1.51. The van der Waals surface area contributed by atoms with Crippen LogP contribution in [0.3, 0.4) is 0 Å². The average molecular weight is 495 g/mol. The lowest BCUT2D eigenvalue weighted by Crippen LogP contribution is -2.68. The van der Waals surface area contributed by atoms with E-state index in [0.717, 1.165) is 11.3 Å². The molecule has 0 radical (unpaired) electrons. The van der Waals surface area contributed by atoms with Crippen molar-refractivity contribution in [3.8, 4) is 11.5 Å². The number of thioether (sulfide) groups is 1. The molecule has 2 amide bonds. The highest BCUT2D eigenvalue weighted by molar-refractivity contribution is 8.01. The number of benzene rings is 2. The van der Waals surface area contributed by atoms with Gasteiger partial charge in [0.25, 0.3) is 5.91 Å². The number of hydrogen-bond donors (Lipinski definition) is 1. The Bertz CT molecular complexity index is 1220. The molecule has 1 aromatic heterocycles. The van der Waals surface area contributed by atoms with Gasteiger partial charge in [0.05, 0.1) is 13.7 Å². The summed E-state index contributed by atoms with van der Waals surface area (Å²) in [6.07, 6.45) is 0. The molecule has 2 aliphatic rings. The minimum absolute atomic E-state index is 0.148. The van der Waals surface area contributed by atoms with E-state index in [1.807, 2.05) is 42.5 Å². The third-order valence-corrected chi connectivity index (χ3v) is 7.74. The summed E-state index contributed by atoms with van der Waals surface area (Å²) in [6.45, 7) is 4.45. The molecule has 1 N–H and O–H groups in total. The first-order chi connectivity index (χ1) is 16.9. The van der Waals surface area contributed by atoms with E-state index in [0.29, 0.717) is 18.1 Å². The first-order valence-corrected chi connectivity index (χ1v) is 12.1. The fourth-order valence-electron chi connectivity index (χ4n) is 4.47. The predicted octanol–water partition coefficient (Wildman–Crippen LogP) is 2.03. The molecule has 3 aromatic rings. The monoisotopic (exact) mass is 494 g/mol. The van der Waals surface area contributed by atoms with E-state index in [-0.39, 0.29) is 34.6 Å². The van der Waals surface area contributed by atoms with Crippen LogP contribution < -0.4 is 14.8 Å². The molecule has 3 unspecified atom stereocenters. The number of nitrogens with one attached hydrogen (secondary N) is 1. The number of fused-ring (bicyclic) bond motifs is 1. The average Bonchev–Trinajstić information content (AvgIpc) is 3.41. The van der Waals surface area contributed by atoms with Gasteiger partial charge in [-0.2, -0.15) is 0 Å². The molecule has 3 atom stereocenters. The number of aromatic nitrogens is 4. The van der Waals surface area contributed by atoms with Crippen LogP contribution in [0.2, 0.25) is 0 Å². The van der Waals surface area contributed by atoms with Crippen LogP contribution in [0.15, 0.2) is 54.6 Å². The predicted molar refractivity (Wildman–Crippen MR) is 129 cm³/mol. The van der Waals surface area contributed by atoms with E-state index in [4.69, 9.17) is 9.47 Å². The van der Waals surface area contributed by atoms with Crippen molar-refractivity contribution in [1.82, 2.24) is 30.4 Å². The van der Waals surface area contributed by atoms with Gasteiger partial charge < -0.3 is 19.7 Å². The minimum atomic E-state index is -0.609. The molecule has 3 heterocycles. The molecule has 0 bridgehead atoms. The van der Waals surface area contributed by atoms with Gasteiger partial charge in [-0.05, 0) is 54.1 Å². The van der Waals surface area contributed by atoms with E-state index in [1.165, 1.54) is 0 Å². The van der Waals surface area contributed by atoms with Crippen molar-refractivity contribution in [2.75, 3.05) is 13.7 Å². The zero-order chi connectivity index (χ0) is 24.6. The molecule has 0 saturated carbocycles. The van der Waals surface area contributed by atoms with Crippen LogP contribution in [-0.2, 0) is 16.1 Å². The van der Waals surface area contributed by atoms with Crippen molar-refractivity contribution in [3.63, 3.8) is 0 Å². The summed E-state index contributed by atoms with van der Waals surface area (Å²) >= 11 is 1.64. The van der Waals surface area contributed by atoms with Crippen LogP contribution in [0.4, 0.5) is 0 Å². The zero-order valence-corrected chi connectivity index (χ0v) is 20.4. The van der Waals surface area contributed by atoms with Gasteiger partial charge in [-0.25, -0.2) is 4.68 Å². The van der Waals surface area contributed by atoms with E-state index < -0.39 is 6.04 Å². The largest absolute Gasteiger partial charge is 0.497 e. The number of para-hydroxylation sites is 1. The molecular weight excluding hydrogens is 468 g/mol. The Morgan fingerprint density at radius 3 is 2.57 bits per heavy atom. The van der Waals surface area contributed by atoms with Crippen LogP contribution in [0.5, 0.6) is 11.5 Å². The lowest BCUT2D eigenvalue weighted by molar-refractivity contribution is -0.152. The van der Waals surface area contributed by atoms with Gasteiger partial charge in [-0.15, -0.1) is 16.9 Å². The lowest BCUT2D eigenvalue weighted by Gasteiger charge is -2.44. The van der Waals surface area contributed by atoms with Crippen LogP contribution in [0.1, 0.15) is 31.3 Å². The summed E-state index contributed by atoms with van der Waals surface area (Å²) < 4.78 is 12.1. The molecule has 2 fully saturated rings. The minimum Gasteiger partial charge on any atom is -0.497 e. The normalized spacial score (nSPS) is 22.3. The third-order valence-electron chi connectivity index (χ3n) is 6.17. The summed E-state index contributed by atoms with van der Waals surface area (Å²) in [5.41, 5.74) is 1.01. The Labute approximate surface area is 207 Å². The first kappa shape index (κ1) is 23.2. The molecule has 10 nitrogen and oxygen atoms in total. The van der Waals surface area contributed by atoms with Gasteiger partial charge in [-0.1, -0.05) is 30.3 Å². The fourth-order valence-corrected chi connectivity index (χ4v) is 6.10. The molecule has 2 saturated heterocycles. The van der Waals surface area contributed by atoms with E-state index in [1.54, 1.807) is 40.6 Å². The Morgan fingerprint density at radius 2 is 1.86 bits per heavy atom. The van der Waals surface area contributed by atoms with Gasteiger partial charge >= 0.3 is 0 Å². The van der Waals surface area contributed by atoms with Crippen molar-refractivity contribution < 1.29 is 19.1 Å². The molecule has 2 aromatic carbocycles. The highest BCUT2D eigenvalue weighted by Gasteiger charge is 2.63. The third kappa shape index (κ3) is 4.43. The summed E-state index contributed by atoms with van der Waals surface area (Å²) in [5, 5.41) is 15.0. The Hall–Kier alpha value is -3.60. The van der Waals surface area contributed by atoms with Gasteiger partial charge in [0.2, 0.25) is 5.91 Å². The number of amides is 2. The molecule has 0 aliphatic carbocycles. The molecule has 0 spiro atoms. The Morgan fingerprint density at radius 1 is 1.11 bits per heavy atom. The van der Waals surface area contributed by atoms with E-state index in [9.17, 15) is 9.59 Å². The van der Waals surface area contributed by atoms with Gasteiger partial charge in [0, 0.05) is 4.75 Å². The number of rotatable bonds is 8. The standard InChI is InChI=1S/C24H26N6O4S/c1-24(2)20(21-26-27-28-29(21)13-15-9-11-16(33-3)12-10-15)30-22(32)19(23(30)35-24)25-18(31)14-34-17-7-5-4-6-8-17/h4-12,19-20,23H,13-14H2,1-3H3,(H,25,31). The summed E-state index contributed by atoms with van der Waals surface area (Å²) in [4.78, 5) is 27.4. The van der Waals surface area contributed by atoms with Crippen molar-refractivity contribution in [3.05, 3.63) is 66.0 Å². The summed E-state index contributed by atoms with van der Waals surface area (Å²) in [6, 6.07) is 15.8. The second-order valence-electron chi connectivity index (χ2n) is 8.95. The van der Waals surface area contributed by atoms with E-state index >= 15 is 0 Å². The Kier molecular flexibility index (Phi) is 6.10. The van der Waals surface area contributed by atoms with Gasteiger partial charge in [-0.3, -0.25) is 9.59 Å². The first-order valence-electron chi connectivity index (χ1n) is 11.2. The van der Waals surface area contributed by atoms with Gasteiger partial charge in [0.1, 0.15) is 29.0 Å². The molecule has 182 valence electrons. The smallest absolute Gasteiger partial charge is 0.258 e. The van der Waals surface area contributed by atoms with Crippen molar-refractivity contribution in [2.45, 2.75) is 42.6 Å². The van der Waals surface area contributed by atoms with Crippen molar-refractivity contribution in [1.29, 1.82) is 0 Å². The number of tetrazole rings is 1. The summed E-state index contributed by atoms with van der Waals surface area (Å²) in [7, 11) is 1.63. The van der Waals surface area contributed by atoms with Gasteiger partial charge in [0.15, 0.2) is 12.4 Å². The molecule has 35 heavy (non-hydrogen) atoms. The molecule has 11 heteroatoms. The van der Waals surface area contributed by atoms with Crippen LogP contribution in [0.25, 0.3) is 0 Å². The number of carbonyl (C=O) groups excluding carboxylic acids is 2. The fraction of sp³-hybridized carbons (Fsp3) is 0.375. The zero-order valence-electron chi connectivity index (χ0n) is 19.6. The maximum Gasteiger partial charge on any atom is 0.258 e. The highest BCUT2D eigenvalue weighted by Crippen LogP contribution is 2.56. The second-order valence-corrected chi connectivity index (χ2v) is 10.7. The molecule has 5 rings (SSSR count). The van der Waals surface area contributed by atoms with Crippen LogP contribution >= 0.6 is 11.8 Å². The van der Waals surface area contributed by atoms with Crippen molar-refractivity contribution in [2.24, 2.45) is 0 Å².